The molecular weight excluding hydrogens is 378 g/mol. The van der Waals surface area contributed by atoms with Crippen molar-refractivity contribution >= 4 is 23.0 Å². The van der Waals surface area contributed by atoms with Crippen LogP contribution < -0.4 is 10.3 Å². The van der Waals surface area contributed by atoms with Crippen molar-refractivity contribution in [2.45, 2.75) is 33.1 Å². The lowest BCUT2D eigenvalue weighted by atomic mass is 10.1. The molecule has 3 aromatic rings. The lowest BCUT2D eigenvalue weighted by molar-refractivity contribution is -0.114. The summed E-state index contributed by atoms with van der Waals surface area (Å²) in [6.07, 6.45) is 4.32. The maximum absolute atomic E-state index is 13.1. The Balaban J connectivity index is 1.59. The summed E-state index contributed by atoms with van der Waals surface area (Å²) in [6, 6.07) is 15.5. The molecular formula is C22H23N7O. The molecule has 0 fully saturated rings. The number of nitrogens with zero attached hydrogens (tertiary/aromatic N) is 5. The number of hydrogen-bond acceptors (Lipinski definition) is 6. The van der Waals surface area contributed by atoms with Gasteiger partial charge in [-0.15, -0.1) is 5.10 Å². The van der Waals surface area contributed by atoms with Crippen LogP contribution in [0.15, 0.2) is 65.4 Å². The van der Waals surface area contributed by atoms with Gasteiger partial charge in [-0.2, -0.15) is 10.1 Å². The molecule has 8 heteroatoms. The number of H-pyrrole nitrogens is 1. The molecule has 0 bridgehead atoms. The van der Waals surface area contributed by atoms with E-state index in [9.17, 15) is 4.79 Å². The van der Waals surface area contributed by atoms with Gasteiger partial charge in [-0.3, -0.25) is 4.79 Å². The number of carbonyl (C=O) groups excluding carboxylic acids is 1. The molecule has 8 nitrogen and oxygen atoms in total. The van der Waals surface area contributed by atoms with E-state index >= 15 is 0 Å². The summed E-state index contributed by atoms with van der Waals surface area (Å²) in [7, 11) is 0. The van der Waals surface area contributed by atoms with Crippen LogP contribution in [0.2, 0.25) is 0 Å². The van der Waals surface area contributed by atoms with Crippen LogP contribution in [-0.2, 0) is 11.2 Å². The molecule has 2 N–H and O–H groups in total. The fraction of sp³-hybridized carbons (Fsp3) is 0.227. The van der Waals surface area contributed by atoms with Gasteiger partial charge in [-0.25, -0.2) is 5.10 Å². The first-order chi connectivity index (χ1) is 14.7. The maximum atomic E-state index is 13.1. The van der Waals surface area contributed by atoms with Gasteiger partial charge in [-0.05, 0) is 59.2 Å². The Morgan fingerprint density at radius 1 is 1.10 bits per heavy atom. The predicted molar refractivity (Wildman–Crippen MR) is 117 cm³/mol. The zero-order valence-corrected chi connectivity index (χ0v) is 17.0. The molecule has 0 atom stereocenters. The molecule has 1 aliphatic rings. The number of hydrogen-bond donors (Lipinski definition) is 2. The molecule has 0 unspecified atom stereocenters. The summed E-state index contributed by atoms with van der Waals surface area (Å²) in [5, 5.41) is 23.2. The van der Waals surface area contributed by atoms with E-state index in [1.807, 2.05) is 42.5 Å². The zero-order valence-electron chi connectivity index (χ0n) is 17.0. The average molecular weight is 401 g/mol. The number of aryl methyl sites for hydroxylation is 1. The average Bonchev–Trinajstić information content (AvgIpc) is 3.42. The fourth-order valence-electron chi connectivity index (χ4n) is 3.36. The normalized spacial score (nSPS) is 15.0. The summed E-state index contributed by atoms with van der Waals surface area (Å²) in [5.74, 6) is 0.429. The Hall–Kier alpha value is -3.81. The number of amides is 1. The monoisotopic (exact) mass is 401 g/mol. The van der Waals surface area contributed by atoms with Gasteiger partial charge < -0.3 is 5.32 Å². The van der Waals surface area contributed by atoms with Gasteiger partial charge in [0.1, 0.15) is 0 Å². The van der Waals surface area contributed by atoms with Crippen molar-refractivity contribution in [3.8, 4) is 11.4 Å². The largest absolute Gasteiger partial charge is 0.361 e. The first kappa shape index (κ1) is 19.5. The molecule has 0 spiro atoms. The van der Waals surface area contributed by atoms with Gasteiger partial charge >= 0.3 is 0 Å². The van der Waals surface area contributed by atoms with E-state index in [0.717, 1.165) is 36.2 Å². The minimum absolute atomic E-state index is 0.144. The Bertz CT molecular complexity index is 1080. The third-order valence-electron chi connectivity index (χ3n) is 4.94. The van der Waals surface area contributed by atoms with Crippen molar-refractivity contribution in [3.05, 3.63) is 65.9 Å². The molecule has 1 aliphatic heterocycles. The highest BCUT2D eigenvalue weighted by Crippen LogP contribution is 2.27. The van der Waals surface area contributed by atoms with Crippen LogP contribution in [0.25, 0.3) is 11.4 Å². The molecule has 2 heterocycles. The number of nitrogens with one attached hydrogen (secondary N) is 2. The Kier molecular flexibility index (Phi) is 5.65. The Morgan fingerprint density at radius 2 is 1.90 bits per heavy atom. The molecule has 0 radical (unpaired) electrons. The molecule has 4 rings (SSSR count). The number of carbonyl (C=O) groups is 1. The van der Waals surface area contributed by atoms with Crippen molar-refractivity contribution in [1.29, 1.82) is 0 Å². The van der Waals surface area contributed by atoms with Crippen molar-refractivity contribution in [2.24, 2.45) is 5.10 Å². The highest BCUT2D eigenvalue weighted by atomic mass is 16.2. The quantitative estimate of drug-likeness (QED) is 0.585. The van der Waals surface area contributed by atoms with Crippen molar-refractivity contribution in [3.63, 3.8) is 0 Å². The summed E-state index contributed by atoms with van der Waals surface area (Å²) in [4.78, 5) is 13.1. The highest BCUT2D eigenvalue weighted by molar-refractivity contribution is 6.30. The van der Waals surface area contributed by atoms with E-state index < -0.39 is 0 Å². The lowest BCUT2D eigenvalue weighted by Crippen LogP contribution is -2.22. The molecule has 30 heavy (non-hydrogen) atoms. The summed E-state index contributed by atoms with van der Waals surface area (Å²) < 4.78 is 0. The van der Waals surface area contributed by atoms with E-state index in [0.29, 0.717) is 17.1 Å². The van der Waals surface area contributed by atoms with E-state index in [-0.39, 0.29) is 5.91 Å². The van der Waals surface area contributed by atoms with Crippen molar-refractivity contribution in [1.82, 2.24) is 20.6 Å². The van der Waals surface area contributed by atoms with Gasteiger partial charge in [0, 0.05) is 17.5 Å². The standard InChI is InChI=1S/C22H23N7O/c1-3-7-20-18(14-23-19-9-6-5-8-15(19)4-2)22(30)29(26-20)17-12-10-16(11-13-17)21-24-27-28-25-21/h5-6,8-14,23H,3-4,7H2,1-2H3,(H,24,25,27,28). The molecule has 1 aromatic heterocycles. The van der Waals surface area contributed by atoms with E-state index in [2.05, 4.69) is 51.0 Å². The molecule has 2 aromatic carbocycles. The van der Waals surface area contributed by atoms with E-state index in [1.54, 1.807) is 6.20 Å². The summed E-state index contributed by atoms with van der Waals surface area (Å²) in [5.41, 5.74) is 5.10. The number of aromatic amines is 1. The Labute approximate surface area is 174 Å². The number of anilines is 2. The topological polar surface area (TPSA) is 99.2 Å². The van der Waals surface area contributed by atoms with Crippen LogP contribution in [0.1, 0.15) is 32.3 Å². The van der Waals surface area contributed by atoms with Crippen molar-refractivity contribution < 1.29 is 4.79 Å². The van der Waals surface area contributed by atoms with Crippen LogP contribution in [0.5, 0.6) is 0 Å². The van der Waals surface area contributed by atoms with Gasteiger partial charge in [-0.1, -0.05) is 38.5 Å². The maximum Gasteiger partial charge on any atom is 0.282 e. The number of rotatable bonds is 7. The first-order valence-electron chi connectivity index (χ1n) is 10.0. The molecule has 0 saturated carbocycles. The second-order valence-electron chi connectivity index (χ2n) is 6.92. The molecule has 0 saturated heterocycles. The van der Waals surface area contributed by atoms with Crippen LogP contribution in [0, 0.1) is 0 Å². The van der Waals surface area contributed by atoms with Crippen LogP contribution in [0.3, 0.4) is 0 Å². The highest BCUT2D eigenvalue weighted by Gasteiger charge is 2.30. The third-order valence-corrected chi connectivity index (χ3v) is 4.94. The minimum Gasteiger partial charge on any atom is -0.361 e. The summed E-state index contributed by atoms with van der Waals surface area (Å²) in [6.45, 7) is 4.19. The fourth-order valence-corrected chi connectivity index (χ4v) is 3.36. The second-order valence-corrected chi connectivity index (χ2v) is 6.92. The molecule has 152 valence electrons. The van der Waals surface area contributed by atoms with Crippen LogP contribution >= 0.6 is 0 Å². The second kappa shape index (κ2) is 8.69. The number of hydrazone groups is 1. The van der Waals surface area contributed by atoms with Gasteiger partial charge in [0.15, 0.2) is 5.82 Å². The SMILES string of the molecule is CCCC1=NN(c2ccc(-c3nnn[nH]3)cc2)C(=O)C1=CNc1ccccc1CC. The van der Waals surface area contributed by atoms with Crippen LogP contribution in [-0.4, -0.2) is 32.2 Å². The van der Waals surface area contributed by atoms with Crippen molar-refractivity contribution in [2.75, 3.05) is 10.3 Å². The predicted octanol–water partition coefficient (Wildman–Crippen LogP) is 3.93. The van der Waals surface area contributed by atoms with Gasteiger partial charge in [0.25, 0.3) is 5.91 Å². The summed E-state index contributed by atoms with van der Waals surface area (Å²) >= 11 is 0. The number of benzene rings is 2. The van der Waals surface area contributed by atoms with Gasteiger partial charge in [0.2, 0.25) is 0 Å². The first-order valence-corrected chi connectivity index (χ1v) is 10.0. The lowest BCUT2D eigenvalue weighted by Gasteiger charge is -2.12. The number of aromatic nitrogens is 4. The van der Waals surface area contributed by atoms with E-state index in [4.69, 9.17) is 0 Å². The third kappa shape index (κ3) is 3.84. The Morgan fingerprint density at radius 3 is 2.60 bits per heavy atom. The van der Waals surface area contributed by atoms with E-state index in [1.165, 1.54) is 10.6 Å². The number of para-hydroxylation sites is 1. The molecule has 1 amide bonds. The van der Waals surface area contributed by atoms with Gasteiger partial charge in [0.05, 0.1) is 17.0 Å². The molecule has 0 aliphatic carbocycles. The van der Waals surface area contributed by atoms with Crippen LogP contribution in [0.4, 0.5) is 11.4 Å². The smallest absolute Gasteiger partial charge is 0.282 e. The number of tetrazole rings is 1. The zero-order chi connectivity index (χ0) is 20.9. The minimum atomic E-state index is -0.144.